The van der Waals surface area contributed by atoms with E-state index < -0.39 is 0 Å². The number of aromatic amines is 2. The van der Waals surface area contributed by atoms with E-state index in [0.717, 1.165) is 46.2 Å². The van der Waals surface area contributed by atoms with Crippen LogP contribution in [0.3, 0.4) is 0 Å². The van der Waals surface area contributed by atoms with Gasteiger partial charge in [0.1, 0.15) is 11.0 Å². The number of fused-ring (bicyclic) bond motifs is 3. The number of aromatic nitrogens is 6. The van der Waals surface area contributed by atoms with Gasteiger partial charge in [-0.05, 0) is 36.6 Å². The summed E-state index contributed by atoms with van der Waals surface area (Å²) in [6.45, 7) is 0. The van der Waals surface area contributed by atoms with Crippen molar-refractivity contribution in [2.45, 2.75) is 19.3 Å². The fraction of sp³-hybridized carbons (Fsp3) is 0.136. The average Bonchev–Trinajstić information content (AvgIpc) is 3.40. The van der Waals surface area contributed by atoms with Crippen molar-refractivity contribution in [3.05, 3.63) is 54.4 Å². The molecule has 0 fully saturated rings. The smallest absolute Gasteiger partial charge is 0.224 e. The van der Waals surface area contributed by atoms with Crippen LogP contribution in [0.4, 0.5) is 17.2 Å². The molecule has 0 atom stereocenters. The zero-order valence-corrected chi connectivity index (χ0v) is 16.4. The molecular formula is C22H18N8O. The number of rotatable bonds is 3. The van der Waals surface area contributed by atoms with Crippen molar-refractivity contribution >= 4 is 45.0 Å². The van der Waals surface area contributed by atoms with E-state index in [1.54, 1.807) is 12.4 Å². The molecule has 0 aliphatic carbocycles. The number of amides is 1. The van der Waals surface area contributed by atoms with E-state index in [1.165, 1.54) is 0 Å². The second-order valence-electron chi connectivity index (χ2n) is 7.60. The zero-order valence-electron chi connectivity index (χ0n) is 16.4. The fourth-order valence-electron chi connectivity index (χ4n) is 3.91. The Balaban J connectivity index is 1.41. The van der Waals surface area contributed by atoms with E-state index in [4.69, 9.17) is 4.98 Å². The fourth-order valence-corrected chi connectivity index (χ4v) is 3.91. The molecule has 9 nitrogen and oxygen atoms in total. The van der Waals surface area contributed by atoms with Gasteiger partial charge in [-0.15, -0.1) is 0 Å². The maximum Gasteiger partial charge on any atom is 0.224 e. The maximum absolute atomic E-state index is 12.0. The van der Waals surface area contributed by atoms with Crippen LogP contribution < -0.4 is 10.6 Å². The highest BCUT2D eigenvalue weighted by Gasteiger charge is 2.15. The molecule has 31 heavy (non-hydrogen) atoms. The minimum absolute atomic E-state index is 0.0466. The molecule has 0 unspecified atom stereocenters. The molecular weight excluding hydrogens is 392 g/mol. The highest BCUT2D eigenvalue weighted by Crippen LogP contribution is 2.30. The number of H-pyrrole nitrogens is 2. The molecule has 9 heteroatoms. The van der Waals surface area contributed by atoms with Gasteiger partial charge in [-0.25, -0.2) is 9.97 Å². The first-order valence-corrected chi connectivity index (χ1v) is 10.1. The molecule has 0 saturated carbocycles. The number of anilines is 3. The minimum atomic E-state index is 0.0466. The molecule has 6 rings (SSSR count). The van der Waals surface area contributed by atoms with Crippen LogP contribution in [0.1, 0.15) is 18.4 Å². The van der Waals surface area contributed by atoms with Crippen molar-refractivity contribution in [1.29, 1.82) is 0 Å². The molecule has 1 aliphatic rings. The molecule has 3 aromatic heterocycles. The average molecular weight is 410 g/mol. The van der Waals surface area contributed by atoms with Crippen LogP contribution in [0.5, 0.6) is 0 Å². The summed E-state index contributed by atoms with van der Waals surface area (Å²) in [7, 11) is 0. The lowest BCUT2D eigenvalue weighted by Gasteiger charge is -2.12. The second-order valence-corrected chi connectivity index (χ2v) is 7.60. The monoisotopic (exact) mass is 410 g/mol. The van der Waals surface area contributed by atoms with Gasteiger partial charge in [-0.1, -0.05) is 18.2 Å². The topological polar surface area (TPSA) is 124 Å². The summed E-state index contributed by atoms with van der Waals surface area (Å²) in [4.78, 5) is 21.4. The van der Waals surface area contributed by atoms with Crippen LogP contribution >= 0.6 is 0 Å². The number of nitrogens with zero attached hydrogens (tertiary/aromatic N) is 4. The zero-order chi connectivity index (χ0) is 20.8. The van der Waals surface area contributed by atoms with Gasteiger partial charge in [0.15, 0.2) is 11.6 Å². The summed E-state index contributed by atoms with van der Waals surface area (Å²) in [6, 6.07) is 11.9. The number of hydrogen-bond acceptors (Lipinski definition) is 6. The van der Waals surface area contributed by atoms with Crippen molar-refractivity contribution in [3.8, 4) is 11.4 Å². The molecule has 0 spiro atoms. The van der Waals surface area contributed by atoms with Crippen LogP contribution in [0, 0.1) is 0 Å². The second kappa shape index (κ2) is 6.91. The van der Waals surface area contributed by atoms with E-state index in [0.29, 0.717) is 29.1 Å². The van der Waals surface area contributed by atoms with Crippen LogP contribution in [0.15, 0.2) is 48.8 Å². The molecule has 2 aromatic carbocycles. The Morgan fingerprint density at radius 3 is 2.84 bits per heavy atom. The van der Waals surface area contributed by atoms with Crippen molar-refractivity contribution in [2.75, 3.05) is 10.6 Å². The number of benzene rings is 2. The molecule has 0 radical (unpaired) electrons. The van der Waals surface area contributed by atoms with Gasteiger partial charge < -0.3 is 10.6 Å². The Hall–Kier alpha value is -4.27. The molecule has 152 valence electrons. The van der Waals surface area contributed by atoms with Crippen LogP contribution in [-0.2, 0) is 11.2 Å². The van der Waals surface area contributed by atoms with Crippen molar-refractivity contribution in [2.24, 2.45) is 0 Å². The Morgan fingerprint density at radius 2 is 1.87 bits per heavy atom. The lowest BCUT2D eigenvalue weighted by Crippen LogP contribution is -2.09. The van der Waals surface area contributed by atoms with Crippen LogP contribution in [0.25, 0.3) is 33.3 Å². The summed E-state index contributed by atoms with van der Waals surface area (Å²) >= 11 is 0. The third-order valence-corrected chi connectivity index (χ3v) is 5.50. The molecule has 1 amide bonds. The van der Waals surface area contributed by atoms with E-state index in [9.17, 15) is 4.79 Å². The van der Waals surface area contributed by atoms with Crippen LogP contribution in [-0.4, -0.2) is 36.3 Å². The predicted octanol–water partition coefficient (Wildman–Crippen LogP) is 3.91. The first-order chi connectivity index (χ1) is 15.2. The van der Waals surface area contributed by atoms with E-state index in [2.05, 4.69) is 36.0 Å². The number of hydrogen-bond donors (Lipinski definition) is 4. The lowest BCUT2D eigenvalue weighted by atomic mass is 10.1. The first-order valence-electron chi connectivity index (χ1n) is 10.1. The Bertz CT molecular complexity index is 1450. The third-order valence-electron chi connectivity index (χ3n) is 5.50. The summed E-state index contributed by atoms with van der Waals surface area (Å²) in [6.07, 6.45) is 5.74. The van der Waals surface area contributed by atoms with Crippen molar-refractivity contribution in [3.63, 3.8) is 0 Å². The quantitative estimate of drug-likeness (QED) is 0.357. The number of aryl methyl sites for hydroxylation is 1. The van der Waals surface area contributed by atoms with Gasteiger partial charge in [0.05, 0.1) is 17.9 Å². The molecule has 0 bridgehead atoms. The molecule has 0 saturated heterocycles. The standard InChI is InChI=1S/C22H18N8O/c31-19-3-1-2-12-6-7-15(9-16(12)26-19)25-22-20-18(11-24-30-20)27-21(28-22)13-4-5-14-10-23-29-17(14)8-13/h4-11H,1-3H2,(H,23,29)(H,24,30)(H,26,31)(H,25,27,28). The maximum atomic E-state index is 12.0. The van der Waals surface area contributed by atoms with E-state index in [1.807, 2.05) is 36.4 Å². The van der Waals surface area contributed by atoms with Gasteiger partial charge in [-0.3, -0.25) is 15.0 Å². The lowest BCUT2D eigenvalue weighted by molar-refractivity contribution is -0.116. The van der Waals surface area contributed by atoms with Crippen molar-refractivity contribution < 1.29 is 4.79 Å². The highest BCUT2D eigenvalue weighted by atomic mass is 16.1. The van der Waals surface area contributed by atoms with Crippen LogP contribution in [0.2, 0.25) is 0 Å². The largest absolute Gasteiger partial charge is 0.338 e. The first kappa shape index (κ1) is 17.6. The summed E-state index contributed by atoms with van der Waals surface area (Å²) in [5, 5.41) is 21.5. The summed E-state index contributed by atoms with van der Waals surface area (Å²) in [5.41, 5.74) is 6.02. The summed E-state index contributed by atoms with van der Waals surface area (Å²) in [5.74, 6) is 1.24. The Morgan fingerprint density at radius 1 is 0.935 bits per heavy atom. The predicted molar refractivity (Wildman–Crippen MR) is 118 cm³/mol. The number of carbonyl (C=O) groups is 1. The third kappa shape index (κ3) is 3.16. The van der Waals surface area contributed by atoms with Gasteiger partial charge in [0.2, 0.25) is 5.91 Å². The summed E-state index contributed by atoms with van der Waals surface area (Å²) < 4.78 is 0. The molecule has 5 aromatic rings. The van der Waals surface area contributed by atoms with E-state index in [-0.39, 0.29) is 5.91 Å². The minimum Gasteiger partial charge on any atom is -0.338 e. The molecule has 4 N–H and O–H groups in total. The van der Waals surface area contributed by atoms with E-state index >= 15 is 0 Å². The highest BCUT2D eigenvalue weighted by molar-refractivity contribution is 5.94. The SMILES string of the molecule is O=C1CCCc2ccc(Nc3nc(-c4ccc5cn[nH]c5c4)nc4cn[nH]c34)cc2N1. The Kier molecular flexibility index (Phi) is 3.92. The number of nitrogens with one attached hydrogen (secondary N) is 4. The molecule has 4 heterocycles. The van der Waals surface area contributed by atoms with Gasteiger partial charge in [0.25, 0.3) is 0 Å². The van der Waals surface area contributed by atoms with Crippen molar-refractivity contribution in [1.82, 2.24) is 30.4 Å². The van der Waals surface area contributed by atoms with Gasteiger partial charge >= 0.3 is 0 Å². The normalized spacial score (nSPS) is 13.7. The Labute approximate surface area is 176 Å². The molecule has 1 aliphatic heterocycles. The van der Waals surface area contributed by atoms with Gasteiger partial charge in [-0.2, -0.15) is 10.2 Å². The number of carbonyl (C=O) groups excluding carboxylic acids is 1. The van der Waals surface area contributed by atoms with Gasteiger partial charge in [0, 0.05) is 28.7 Å².